The zero-order valence-electron chi connectivity index (χ0n) is 18.6. The molecule has 178 valence electrons. The van der Waals surface area contributed by atoms with E-state index in [9.17, 15) is 18.3 Å². The molecule has 3 atom stereocenters. The molecule has 1 amide bonds. The lowest BCUT2D eigenvalue weighted by atomic mass is 9.97. The van der Waals surface area contributed by atoms with Crippen LogP contribution in [-0.2, 0) is 32.4 Å². The number of fused-ring (bicyclic) bond motifs is 1. The van der Waals surface area contributed by atoms with Crippen molar-refractivity contribution in [1.29, 1.82) is 0 Å². The van der Waals surface area contributed by atoms with Gasteiger partial charge < -0.3 is 19.9 Å². The summed E-state index contributed by atoms with van der Waals surface area (Å²) in [5, 5.41) is 12.9. The van der Waals surface area contributed by atoms with Gasteiger partial charge in [-0.05, 0) is 48.9 Å². The summed E-state index contributed by atoms with van der Waals surface area (Å²) in [5.41, 5.74) is 2.53. The van der Waals surface area contributed by atoms with Crippen molar-refractivity contribution in [3.8, 4) is 5.75 Å². The number of nitrogens with one attached hydrogen (secondary N) is 2. The van der Waals surface area contributed by atoms with E-state index < -0.39 is 22.2 Å². The molecule has 2 aliphatic rings. The number of aliphatic hydroxyl groups is 1. The second kappa shape index (κ2) is 10.2. The third-order valence-corrected chi connectivity index (χ3v) is 7.77. The number of benzene rings is 2. The molecule has 0 saturated carbocycles. The summed E-state index contributed by atoms with van der Waals surface area (Å²) in [6, 6.07) is 13.9. The minimum atomic E-state index is -3.82. The van der Waals surface area contributed by atoms with Crippen LogP contribution in [0.1, 0.15) is 30.4 Å². The fourth-order valence-corrected chi connectivity index (χ4v) is 5.94. The molecule has 8 nitrogen and oxygen atoms in total. The van der Waals surface area contributed by atoms with Crippen LogP contribution in [0.5, 0.6) is 5.75 Å². The van der Waals surface area contributed by atoms with Gasteiger partial charge in [-0.1, -0.05) is 30.3 Å². The first-order chi connectivity index (χ1) is 15.9. The summed E-state index contributed by atoms with van der Waals surface area (Å²) in [5.74, 6) is 0.345. The Hall–Kier alpha value is -2.46. The highest BCUT2D eigenvalue weighted by molar-refractivity contribution is 7.89. The zero-order valence-corrected chi connectivity index (χ0v) is 19.4. The molecule has 1 aliphatic heterocycles. The lowest BCUT2D eigenvalue weighted by molar-refractivity contribution is -0.131. The van der Waals surface area contributed by atoms with Crippen molar-refractivity contribution in [2.24, 2.45) is 0 Å². The summed E-state index contributed by atoms with van der Waals surface area (Å²) in [6.07, 6.45) is 1.69. The SMILES string of the molecule is COc1cccc(S(=O)(=O)N[C@H]2CC[C@H](CC(=O)NC3Cc4ccccc4C3)O[C@H]2CO)c1. The molecule has 9 heteroatoms. The molecule has 2 aromatic rings. The van der Waals surface area contributed by atoms with Gasteiger partial charge in [-0.3, -0.25) is 4.79 Å². The second-order valence-electron chi connectivity index (χ2n) is 8.61. The van der Waals surface area contributed by atoms with E-state index in [-0.39, 0.29) is 36.0 Å². The second-order valence-corrected chi connectivity index (χ2v) is 10.3. The summed E-state index contributed by atoms with van der Waals surface area (Å²) in [7, 11) is -2.35. The molecule has 3 N–H and O–H groups in total. The number of amides is 1. The molecular formula is C24H30N2O6S. The number of sulfonamides is 1. The van der Waals surface area contributed by atoms with E-state index in [1.807, 2.05) is 12.1 Å². The molecule has 2 aromatic carbocycles. The van der Waals surface area contributed by atoms with Crippen molar-refractivity contribution >= 4 is 15.9 Å². The molecule has 1 fully saturated rings. The average Bonchev–Trinajstić information content (AvgIpc) is 3.22. The lowest BCUT2D eigenvalue weighted by Crippen LogP contribution is -2.51. The highest BCUT2D eigenvalue weighted by atomic mass is 32.2. The zero-order chi connectivity index (χ0) is 23.4. The quantitative estimate of drug-likeness (QED) is 0.535. The number of rotatable bonds is 8. The first-order valence-corrected chi connectivity index (χ1v) is 12.6. The van der Waals surface area contributed by atoms with Gasteiger partial charge in [0.25, 0.3) is 0 Å². The monoisotopic (exact) mass is 474 g/mol. The lowest BCUT2D eigenvalue weighted by Gasteiger charge is -2.35. The molecule has 0 unspecified atom stereocenters. The highest BCUT2D eigenvalue weighted by Crippen LogP contribution is 2.26. The smallest absolute Gasteiger partial charge is 0.241 e. The van der Waals surface area contributed by atoms with Gasteiger partial charge in [0.15, 0.2) is 0 Å². The van der Waals surface area contributed by atoms with Gasteiger partial charge in [-0.2, -0.15) is 0 Å². The Bertz CT molecular complexity index is 1060. The van der Waals surface area contributed by atoms with Crippen LogP contribution in [0.4, 0.5) is 0 Å². The normalized spacial score (nSPS) is 23.2. The number of methoxy groups -OCH3 is 1. The van der Waals surface area contributed by atoms with Gasteiger partial charge in [0.05, 0.1) is 43.3 Å². The number of aliphatic hydroxyl groups excluding tert-OH is 1. The summed E-state index contributed by atoms with van der Waals surface area (Å²) >= 11 is 0. The molecule has 0 radical (unpaired) electrons. The van der Waals surface area contributed by atoms with Crippen molar-refractivity contribution in [2.75, 3.05) is 13.7 Å². The minimum absolute atomic E-state index is 0.0783. The molecular weight excluding hydrogens is 444 g/mol. The Kier molecular flexibility index (Phi) is 7.33. The molecule has 1 saturated heterocycles. The van der Waals surface area contributed by atoms with Gasteiger partial charge in [0, 0.05) is 12.1 Å². The van der Waals surface area contributed by atoms with Crippen molar-refractivity contribution in [2.45, 2.75) is 61.3 Å². The van der Waals surface area contributed by atoms with Crippen molar-refractivity contribution < 1.29 is 27.8 Å². The Morgan fingerprint density at radius 3 is 2.52 bits per heavy atom. The van der Waals surface area contributed by atoms with E-state index in [1.54, 1.807) is 12.1 Å². The van der Waals surface area contributed by atoms with Crippen LogP contribution in [0.2, 0.25) is 0 Å². The number of ether oxygens (including phenoxy) is 2. The number of carbonyl (C=O) groups is 1. The number of carbonyl (C=O) groups excluding carboxylic acids is 1. The predicted octanol–water partition coefficient (Wildman–Crippen LogP) is 1.56. The van der Waals surface area contributed by atoms with E-state index in [4.69, 9.17) is 9.47 Å². The fourth-order valence-electron chi connectivity index (χ4n) is 4.61. The molecule has 0 aromatic heterocycles. The molecule has 33 heavy (non-hydrogen) atoms. The van der Waals surface area contributed by atoms with Gasteiger partial charge >= 0.3 is 0 Å². The van der Waals surface area contributed by atoms with E-state index >= 15 is 0 Å². The van der Waals surface area contributed by atoms with Crippen LogP contribution in [0.3, 0.4) is 0 Å². The highest BCUT2D eigenvalue weighted by Gasteiger charge is 2.35. The Labute approximate surface area is 194 Å². The van der Waals surface area contributed by atoms with Crippen molar-refractivity contribution in [3.63, 3.8) is 0 Å². The van der Waals surface area contributed by atoms with Gasteiger partial charge in [0.1, 0.15) is 5.75 Å². The summed E-state index contributed by atoms with van der Waals surface area (Å²) < 4.78 is 39.3. The van der Waals surface area contributed by atoms with Gasteiger partial charge in [-0.15, -0.1) is 0 Å². The van der Waals surface area contributed by atoms with Crippen LogP contribution in [-0.4, -0.2) is 57.4 Å². The Morgan fingerprint density at radius 1 is 1.12 bits per heavy atom. The van der Waals surface area contributed by atoms with Crippen LogP contribution in [0.25, 0.3) is 0 Å². The third kappa shape index (κ3) is 5.73. The number of hydrogen-bond donors (Lipinski definition) is 3. The average molecular weight is 475 g/mol. The van der Waals surface area contributed by atoms with Crippen LogP contribution in [0, 0.1) is 0 Å². The Morgan fingerprint density at radius 2 is 1.85 bits per heavy atom. The number of hydrogen-bond acceptors (Lipinski definition) is 6. The molecule has 4 rings (SSSR count). The topological polar surface area (TPSA) is 114 Å². The van der Waals surface area contributed by atoms with E-state index in [1.165, 1.54) is 30.4 Å². The standard InChI is InChI=1S/C24H30N2O6S/c1-31-19-7-4-8-21(13-19)33(29,30)26-22-10-9-20(32-23(22)15-27)14-24(28)25-18-11-16-5-2-3-6-17(16)12-18/h2-8,13,18,20,22-23,26-27H,9-12,14-15H2,1H3,(H,25,28)/t20-,22+,23+/m1/s1. The van der Waals surface area contributed by atoms with Crippen LogP contribution >= 0.6 is 0 Å². The maximum absolute atomic E-state index is 12.8. The van der Waals surface area contributed by atoms with E-state index in [0.29, 0.717) is 18.6 Å². The first-order valence-electron chi connectivity index (χ1n) is 11.2. The van der Waals surface area contributed by atoms with Crippen molar-refractivity contribution in [3.05, 3.63) is 59.7 Å². The largest absolute Gasteiger partial charge is 0.497 e. The van der Waals surface area contributed by atoms with Crippen LogP contribution < -0.4 is 14.8 Å². The maximum Gasteiger partial charge on any atom is 0.241 e. The Balaban J connectivity index is 1.30. The fraction of sp³-hybridized carbons (Fsp3) is 0.458. The first kappa shape index (κ1) is 23.7. The van der Waals surface area contributed by atoms with Gasteiger partial charge in [-0.25, -0.2) is 13.1 Å². The molecule has 1 aliphatic carbocycles. The van der Waals surface area contributed by atoms with Gasteiger partial charge in [0.2, 0.25) is 15.9 Å². The summed E-state index contributed by atoms with van der Waals surface area (Å²) in [4.78, 5) is 12.7. The maximum atomic E-state index is 12.8. The third-order valence-electron chi connectivity index (χ3n) is 6.28. The minimum Gasteiger partial charge on any atom is -0.497 e. The summed E-state index contributed by atoms with van der Waals surface area (Å²) in [6.45, 7) is -0.346. The van der Waals surface area contributed by atoms with E-state index in [2.05, 4.69) is 22.2 Å². The molecule has 0 bridgehead atoms. The van der Waals surface area contributed by atoms with Crippen LogP contribution in [0.15, 0.2) is 53.4 Å². The van der Waals surface area contributed by atoms with E-state index in [0.717, 1.165) is 12.8 Å². The predicted molar refractivity (Wildman–Crippen MR) is 122 cm³/mol. The molecule has 1 heterocycles. The molecule has 0 spiro atoms. The van der Waals surface area contributed by atoms with Crippen molar-refractivity contribution in [1.82, 2.24) is 10.0 Å².